The number of aryl methyl sites for hydroxylation is 3. The average molecular weight is 731 g/mol. The second kappa shape index (κ2) is 12.4. The highest BCUT2D eigenvalue weighted by molar-refractivity contribution is 6.19. The Morgan fingerprint density at radius 1 is 0.368 bits per heavy atom. The fourth-order valence-electron chi connectivity index (χ4n) is 9.14. The molecule has 3 heteroatoms. The Bertz CT molecular complexity index is 3280. The molecular formula is C54H38N2O. The molecule has 270 valence electrons. The second-order valence-electron chi connectivity index (χ2n) is 15.7. The number of fused-ring (bicyclic) bond motifs is 8. The van der Waals surface area contributed by atoms with Crippen LogP contribution in [0.2, 0.25) is 0 Å². The first-order valence-corrected chi connectivity index (χ1v) is 19.6. The van der Waals surface area contributed by atoms with E-state index in [-0.39, 0.29) is 5.78 Å². The van der Waals surface area contributed by atoms with Crippen molar-refractivity contribution in [3.63, 3.8) is 0 Å². The third-order valence-corrected chi connectivity index (χ3v) is 12.0. The van der Waals surface area contributed by atoms with E-state index in [9.17, 15) is 4.79 Å². The van der Waals surface area contributed by atoms with Crippen molar-refractivity contribution in [3.05, 3.63) is 209 Å². The van der Waals surface area contributed by atoms with Crippen molar-refractivity contribution in [1.29, 1.82) is 0 Å². The van der Waals surface area contributed by atoms with Gasteiger partial charge in [0.2, 0.25) is 0 Å². The fourth-order valence-corrected chi connectivity index (χ4v) is 9.14. The van der Waals surface area contributed by atoms with Crippen LogP contribution < -0.4 is 0 Å². The maximum Gasteiger partial charge on any atom is 0.194 e. The molecule has 0 saturated heterocycles. The summed E-state index contributed by atoms with van der Waals surface area (Å²) in [7, 11) is 0. The Morgan fingerprint density at radius 2 is 0.789 bits per heavy atom. The molecule has 0 bridgehead atoms. The molecule has 0 unspecified atom stereocenters. The lowest BCUT2D eigenvalue weighted by Gasteiger charge is -2.22. The number of nitrogens with zero attached hydrogens (tertiary/aromatic N) is 2. The number of para-hydroxylation sites is 1. The summed E-state index contributed by atoms with van der Waals surface area (Å²) >= 11 is 0. The van der Waals surface area contributed by atoms with Crippen molar-refractivity contribution in [2.24, 2.45) is 0 Å². The third kappa shape index (κ3) is 5.09. The van der Waals surface area contributed by atoms with Crippen LogP contribution in [0, 0.1) is 20.8 Å². The number of benzene rings is 8. The van der Waals surface area contributed by atoms with Gasteiger partial charge in [-0.3, -0.25) is 4.79 Å². The third-order valence-electron chi connectivity index (χ3n) is 12.0. The van der Waals surface area contributed by atoms with E-state index in [0.29, 0.717) is 11.1 Å². The van der Waals surface area contributed by atoms with Crippen LogP contribution >= 0.6 is 0 Å². The number of hydrogen-bond donors (Lipinski definition) is 0. The minimum atomic E-state index is 0.0326. The van der Waals surface area contributed by atoms with Gasteiger partial charge in [-0.1, -0.05) is 102 Å². The number of aromatic nitrogens is 2. The van der Waals surface area contributed by atoms with Gasteiger partial charge in [-0.15, -0.1) is 0 Å². The Morgan fingerprint density at radius 3 is 1.32 bits per heavy atom. The van der Waals surface area contributed by atoms with Gasteiger partial charge in [0.15, 0.2) is 5.78 Å². The van der Waals surface area contributed by atoms with Crippen molar-refractivity contribution >= 4 is 55.0 Å². The largest absolute Gasteiger partial charge is 0.309 e. The molecule has 2 aromatic heterocycles. The van der Waals surface area contributed by atoms with Crippen molar-refractivity contribution < 1.29 is 4.79 Å². The summed E-state index contributed by atoms with van der Waals surface area (Å²) in [6.07, 6.45) is 0. The Hall–Kier alpha value is -7.23. The molecule has 8 aromatic carbocycles. The Balaban J connectivity index is 0.902. The van der Waals surface area contributed by atoms with Crippen molar-refractivity contribution in [1.82, 2.24) is 9.13 Å². The van der Waals surface area contributed by atoms with E-state index in [1.54, 1.807) is 0 Å². The van der Waals surface area contributed by atoms with Crippen molar-refractivity contribution in [3.8, 4) is 33.6 Å². The topological polar surface area (TPSA) is 26.9 Å². The zero-order valence-electron chi connectivity index (χ0n) is 32.1. The van der Waals surface area contributed by atoms with Gasteiger partial charge in [-0.25, -0.2) is 0 Å². The van der Waals surface area contributed by atoms with Crippen LogP contribution in [0.3, 0.4) is 0 Å². The van der Waals surface area contributed by atoms with Gasteiger partial charge in [-0.2, -0.15) is 0 Å². The van der Waals surface area contributed by atoms with Crippen LogP contribution in [-0.2, 0) is 0 Å². The zero-order valence-corrected chi connectivity index (χ0v) is 32.1. The first-order chi connectivity index (χ1) is 27.8. The Kier molecular flexibility index (Phi) is 7.20. The highest BCUT2D eigenvalue weighted by atomic mass is 16.1. The predicted molar refractivity (Wildman–Crippen MR) is 238 cm³/mol. The molecule has 2 heterocycles. The van der Waals surface area contributed by atoms with Crippen molar-refractivity contribution in [2.45, 2.75) is 20.8 Å². The number of carbonyl (C=O) groups excluding carboxylic acids is 1. The molecule has 0 radical (unpaired) electrons. The molecule has 3 nitrogen and oxygen atoms in total. The second-order valence-corrected chi connectivity index (χ2v) is 15.7. The molecular weight excluding hydrogens is 693 g/mol. The molecule has 0 N–H and O–H groups in total. The van der Waals surface area contributed by atoms with Gasteiger partial charge in [0, 0.05) is 44.0 Å². The van der Waals surface area contributed by atoms with Gasteiger partial charge in [0.1, 0.15) is 0 Å². The number of ketones is 1. The van der Waals surface area contributed by atoms with E-state index >= 15 is 0 Å². The van der Waals surface area contributed by atoms with Crippen LogP contribution in [0.5, 0.6) is 0 Å². The van der Waals surface area contributed by atoms with Crippen molar-refractivity contribution in [2.75, 3.05) is 0 Å². The monoisotopic (exact) mass is 730 g/mol. The van der Waals surface area contributed by atoms with Crippen LogP contribution in [0.1, 0.15) is 43.7 Å². The van der Waals surface area contributed by atoms with Gasteiger partial charge in [0.05, 0.1) is 22.1 Å². The summed E-state index contributed by atoms with van der Waals surface area (Å²) in [6.45, 7) is 11.0. The minimum Gasteiger partial charge on any atom is -0.309 e. The summed E-state index contributed by atoms with van der Waals surface area (Å²) in [4.78, 5) is 14.2. The molecule has 1 aliphatic carbocycles. The first kappa shape index (κ1) is 33.1. The number of carbonyl (C=O) groups is 1. The molecule has 0 atom stereocenters. The SMILES string of the molecule is C=C1c2cc(-c3ccc(-n4c5ccc(C)cc5c5cc(C)ccc54)cc3)ccc2C(=O)c2cc(-c3ccc(-n4c5ccccc5c5cc(C)ccc54)cc3)ccc21. The number of hydrogen-bond acceptors (Lipinski definition) is 1. The van der Waals surface area contributed by atoms with E-state index in [1.165, 1.54) is 60.3 Å². The van der Waals surface area contributed by atoms with E-state index < -0.39 is 0 Å². The van der Waals surface area contributed by atoms with E-state index in [0.717, 1.165) is 50.3 Å². The quantitative estimate of drug-likeness (QED) is 0.177. The standard InChI is InChI=1S/C54H38N2O/c1-32-9-24-51-46(27-32)43-7-5-6-8-50(43)55(51)40-18-14-37(15-19-40)39-16-22-42-35(4)45-30-38(17-23-44(45)54(57)49(42)31-39)36-12-20-41(21-13-36)56-52-25-10-33(2)28-47(52)48-29-34(3)11-26-53(48)56/h5-31H,4H2,1-3H3. The summed E-state index contributed by atoms with van der Waals surface area (Å²) in [6, 6.07) is 58.4. The first-order valence-electron chi connectivity index (χ1n) is 19.6. The molecule has 0 spiro atoms. The zero-order chi connectivity index (χ0) is 38.5. The molecule has 1 aliphatic rings. The van der Waals surface area contributed by atoms with Crippen LogP contribution in [0.25, 0.3) is 82.8 Å². The Labute approximate surface area is 331 Å². The van der Waals surface area contributed by atoms with Crippen LogP contribution in [0.15, 0.2) is 170 Å². The maximum absolute atomic E-state index is 14.2. The smallest absolute Gasteiger partial charge is 0.194 e. The highest BCUT2D eigenvalue weighted by Crippen LogP contribution is 2.40. The molecule has 57 heavy (non-hydrogen) atoms. The molecule has 0 fully saturated rings. The highest BCUT2D eigenvalue weighted by Gasteiger charge is 2.27. The van der Waals surface area contributed by atoms with Gasteiger partial charge in [0.25, 0.3) is 0 Å². The summed E-state index contributed by atoms with van der Waals surface area (Å²) < 4.78 is 4.69. The molecule has 11 rings (SSSR count). The van der Waals surface area contributed by atoms with Crippen LogP contribution in [0.4, 0.5) is 0 Å². The minimum absolute atomic E-state index is 0.0326. The van der Waals surface area contributed by atoms with Crippen LogP contribution in [-0.4, -0.2) is 14.9 Å². The van der Waals surface area contributed by atoms with E-state index in [2.05, 4.69) is 188 Å². The van der Waals surface area contributed by atoms with Gasteiger partial charge in [-0.05, 0) is 145 Å². The summed E-state index contributed by atoms with van der Waals surface area (Å²) in [5.74, 6) is 0.0326. The fraction of sp³-hybridized carbons (Fsp3) is 0.0556. The summed E-state index contributed by atoms with van der Waals surface area (Å²) in [5.41, 5.74) is 19.0. The summed E-state index contributed by atoms with van der Waals surface area (Å²) in [5, 5.41) is 5.05. The lowest BCUT2D eigenvalue weighted by molar-refractivity contribution is 0.103. The van der Waals surface area contributed by atoms with Gasteiger partial charge >= 0.3 is 0 Å². The lowest BCUT2D eigenvalue weighted by Crippen LogP contribution is -2.14. The lowest BCUT2D eigenvalue weighted by atomic mass is 9.80. The molecule has 0 saturated carbocycles. The molecule has 10 aromatic rings. The maximum atomic E-state index is 14.2. The van der Waals surface area contributed by atoms with E-state index in [4.69, 9.17) is 0 Å². The number of rotatable bonds is 4. The normalized spacial score (nSPS) is 12.5. The average Bonchev–Trinajstić information content (AvgIpc) is 3.74. The molecule has 0 aliphatic heterocycles. The van der Waals surface area contributed by atoms with E-state index in [1.807, 2.05) is 12.1 Å². The van der Waals surface area contributed by atoms with Gasteiger partial charge < -0.3 is 9.13 Å². The predicted octanol–water partition coefficient (Wildman–Crippen LogP) is 13.7. The molecule has 0 amide bonds.